The highest BCUT2D eigenvalue weighted by Gasteiger charge is 2.52. The zero-order valence-electron chi connectivity index (χ0n) is 21.3. The van der Waals surface area contributed by atoms with E-state index in [4.69, 9.17) is 14.2 Å². The summed E-state index contributed by atoms with van der Waals surface area (Å²) in [5, 5.41) is 3.00. The maximum absolute atomic E-state index is 13.5. The van der Waals surface area contributed by atoms with Gasteiger partial charge in [-0.25, -0.2) is 4.79 Å². The van der Waals surface area contributed by atoms with Gasteiger partial charge in [0.05, 0.1) is 20.8 Å². The van der Waals surface area contributed by atoms with E-state index in [1.54, 1.807) is 26.4 Å². The molecular weight excluding hydrogens is 458 g/mol. The van der Waals surface area contributed by atoms with Crippen LogP contribution in [0.25, 0.3) is 0 Å². The number of hydrogen-bond donors (Lipinski definition) is 1. The SMILES string of the molecule is C=CCOc1ccccc1CN1CCC(C2(C)NC(=O)N(Cc3cccc(OC)c3OC)C2=O)CC1. The van der Waals surface area contributed by atoms with Crippen molar-refractivity contribution < 1.29 is 23.8 Å². The predicted molar refractivity (Wildman–Crippen MR) is 137 cm³/mol. The highest BCUT2D eigenvalue weighted by atomic mass is 16.5. The van der Waals surface area contributed by atoms with Crippen LogP contribution in [0.3, 0.4) is 0 Å². The van der Waals surface area contributed by atoms with Crippen molar-refractivity contribution in [1.82, 2.24) is 15.1 Å². The van der Waals surface area contributed by atoms with Crippen LogP contribution in [0.1, 0.15) is 30.9 Å². The van der Waals surface area contributed by atoms with Crippen LogP contribution >= 0.6 is 0 Å². The van der Waals surface area contributed by atoms with E-state index in [0.717, 1.165) is 49.4 Å². The molecule has 2 aliphatic heterocycles. The van der Waals surface area contributed by atoms with Gasteiger partial charge < -0.3 is 19.5 Å². The molecule has 192 valence electrons. The fourth-order valence-electron chi connectivity index (χ4n) is 5.22. The molecule has 0 radical (unpaired) electrons. The van der Waals surface area contributed by atoms with Crippen LogP contribution < -0.4 is 19.5 Å². The van der Waals surface area contributed by atoms with E-state index in [9.17, 15) is 9.59 Å². The Morgan fingerprint density at radius 3 is 2.39 bits per heavy atom. The van der Waals surface area contributed by atoms with Gasteiger partial charge in [-0.3, -0.25) is 14.6 Å². The van der Waals surface area contributed by atoms with E-state index in [1.807, 2.05) is 37.3 Å². The molecule has 36 heavy (non-hydrogen) atoms. The van der Waals surface area contributed by atoms with Gasteiger partial charge in [-0.2, -0.15) is 0 Å². The zero-order chi connectivity index (χ0) is 25.7. The number of rotatable bonds is 10. The molecule has 0 spiro atoms. The Labute approximate surface area is 212 Å². The van der Waals surface area contributed by atoms with Crippen molar-refractivity contribution in [2.45, 2.75) is 38.4 Å². The van der Waals surface area contributed by atoms with Gasteiger partial charge in [0.25, 0.3) is 5.91 Å². The second-order valence-corrected chi connectivity index (χ2v) is 9.43. The third-order valence-corrected chi connectivity index (χ3v) is 7.24. The first-order chi connectivity index (χ1) is 17.4. The molecule has 2 aliphatic rings. The number of piperidine rings is 1. The van der Waals surface area contributed by atoms with Gasteiger partial charge in [-0.1, -0.05) is 43.0 Å². The van der Waals surface area contributed by atoms with Crippen molar-refractivity contribution in [2.24, 2.45) is 5.92 Å². The van der Waals surface area contributed by atoms with Gasteiger partial charge in [0.1, 0.15) is 17.9 Å². The largest absolute Gasteiger partial charge is 0.493 e. The van der Waals surface area contributed by atoms with Crippen LogP contribution in [0.4, 0.5) is 4.79 Å². The van der Waals surface area contributed by atoms with E-state index in [2.05, 4.69) is 22.9 Å². The summed E-state index contributed by atoms with van der Waals surface area (Å²) < 4.78 is 16.7. The number of nitrogens with zero attached hydrogens (tertiary/aromatic N) is 2. The number of imide groups is 1. The number of carbonyl (C=O) groups is 2. The summed E-state index contributed by atoms with van der Waals surface area (Å²) in [6, 6.07) is 13.1. The molecule has 4 rings (SSSR count). The van der Waals surface area contributed by atoms with Gasteiger partial charge in [-0.15, -0.1) is 0 Å². The van der Waals surface area contributed by atoms with Crippen molar-refractivity contribution in [3.63, 3.8) is 0 Å². The highest BCUT2D eigenvalue weighted by Crippen LogP contribution is 2.37. The van der Waals surface area contributed by atoms with Gasteiger partial charge in [0.15, 0.2) is 11.5 Å². The molecule has 2 aromatic rings. The van der Waals surface area contributed by atoms with Crippen LogP contribution in [-0.2, 0) is 17.9 Å². The molecule has 3 amide bonds. The number of hydrogen-bond acceptors (Lipinski definition) is 6. The Kier molecular flexibility index (Phi) is 7.84. The molecule has 0 aromatic heterocycles. The van der Waals surface area contributed by atoms with Crippen LogP contribution in [0.15, 0.2) is 55.1 Å². The van der Waals surface area contributed by atoms with E-state index < -0.39 is 5.54 Å². The number of amides is 3. The predicted octanol–water partition coefficient (Wildman–Crippen LogP) is 3.99. The molecule has 8 heteroatoms. The number of urea groups is 1. The molecule has 0 bridgehead atoms. The molecule has 2 saturated heterocycles. The number of methoxy groups -OCH3 is 2. The van der Waals surface area contributed by atoms with Gasteiger partial charge in [0, 0.05) is 17.7 Å². The summed E-state index contributed by atoms with van der Waals surface area (Å²) in [7, 11) is 3.11. The van der Waals surface area contributed by atoms with Gasteiger partial charge in [-0.05, 0) is 50.9 Å². The average Bonchev–Trinajstić information content (AvgIpc) is 3.12. The Morgan fingerprint density at radius 2 is 1.69 bits per heavy atom. The lowest BCUT2D eigenvalue weighted by atomic mass is 9.78. The molecule has 1 N–H and O–H groups in total. The molecule has 2 aromatic carbocycles. The van der Waals surface area contributed by atoms with Crippen LogP contribution in [-0.4, -0.2) is 61.2 Å². The summed E-state index contributed by atoms with van der Waals surface area (Å²) in [5.41, 5.74) is 0.921. The molecule has 1 unspecified atom stereocenters. The van der Waals surface area contributed by atoms with Crippen molar-refractivity contribution >= 4 is 11.9 Å². The van der Waals surface area contributed by atoms with Gasteiger partial charge in [0.2, 0.25) is 0 Å². The average molecular weight is 494 g/mol. The normalized spacial score (nSPS) is 20.8. The topological polar surface area (TPSA) is 80.3 Å². The van der Waals surface area contributed by atoms with Gasteiger partial charge >= 0.3 is 6.03 Å². The lowest BCUT2D eigenvalue weighted by molar-refractivity contribution is -0.133. The fraction of sp³-hybridized carbons (Fsp3) is 0.429. The van der Waals surface area contributed by atoms with E-state index in [0.29, 0.717) is 18.1 Å². The lowest BCUT2D eigenvalue weighted by Gasteiger charge is -2.39. The summed E-state index contributed by atoms with van der Waals surface area (Å²) in [6.07, 6.45) is 3.37. The molecule has 2 heterocycles. The third kappa shape index (κ3) is 5.04. The van der Waals surface area contributed by atoms with E-state index in [-0.39, 0.29) is 24.4 Å². The second-order valence-electron chi connectivity index (χ2n) is 9.43. The Hall–Kier alpha value is -3.52. The zero-order valence-corrected chi connectivity index (χ0v) is 21.3. The number of likely N-dealkylation sites (tertiary alicyclic amines) is 1. The number of ether oxygens (including phenoxy) is 3. The minimum Gasteiger partial charge on any atom is -0.493 e. The number of nitrogens with one attached hydrogen (secondary N) is 1. The van der Waals surface area contributed by atoms with Crippen molar-refractivity contribution in [2.75, 3.05) is 33.9 Å². The van der Waals surface area contributed by atoms with E-state index >= 15 is 0 Å². The maximum atomic E-state index is 13.5. The van der Waals surface area contributed by atoms with Crippen LogP contribution in [0.5, 0.6) is 17.2 Å². The first kappa shape index (κ1) is 25.6. The Morgan fingerprint density at radius 1 is 1.00 bits per heavy atom. The van der Waals surface area contributed by atoms with Crippen molar-refractivity contribution in [1.29, 1.82) is 0 Å². The summed E-state index contributed by atoms with van der Waals surface area (Å²) in [4.78, 5) is 30.1. The third-order valence-electron chi connectivity index (χ3n) is 7.24. The molecule has 8 nitrogen and oxygen atoms in total. The van der Waals surface area contributed by atoms with Crippen LogP contribution in [0, 0.1) is 5.92 Å². The quantitative estimate of drug-likeness (QED) is 0.398. The standard InChI is InChI=1S/C28H35N3O5/c1-5-17-36-23-11-7-6-9-20(23)18-30-15-13-22(14-16-30)28(2)26(32)31(27(33)29-28)19-21-10-8-12-24(34-3)25(21)35-4/h5-12,22H,1,13-19H2,2-4H3,(H,29,33). The van der Waals surface area contributed by atoms with Crippen molar-refractivity contribution in [3.8, 4) is 17.2 Å². The molecule has 0 saturated carbocycles. The Bertz CT molecular complexity index is 1110. The summed E-state index contributed by atoms with van der Waals surface area (Å²) >= 11 is 0. The Balaban J connectivity index is 1.41. The van der Waals surface area contributed by atoms with E-state index in [1.165, 1.54) is 4.90 Å². The smallest absolute Gasteiger partial charge is 0.325 e. The first-order valence-corrected chi connectivity index (χ1v) is 12.3. The maximum Gasteiger partial charge on any atom is 0.325 e. The van der Waals surface area contributed by atoms with Crippen molar-refractivity contribution in [3.05, 3.63) is 66.2 Å². The number of para-hydroxylation sites is 2. The monoisotopic (exact) mass is 493 g/mol. The second kappa shape index (κ2) is 11.0. The summed E-state index contributed by atoms with van der Waals surface area (Å²) in [5.74, 6) is 1.82. The lowest BCUT2D eigenvalue weighted by Crippen LogP contribution is -2.53. The number of benzene rings is 2. The fourth-order valence-corrected chi connectivity index (χ4v) is 5.22. The minimum atomic E-state index is -0.930. The first-order valence-electron chi connectivity index (χ1n) is 12.3. The summed E-state index contributed by atoms with van der Waals surface area (Å²) in [6.45, 7) is 8.62. The number of carbonyl (C=O) groups excluding carboxylic acids is 2. The molecule has 1 atom stereocenters. The molecule has 0 aliphatic carbocycles. The molecular formula is C28H35N3O5. The minimum absolute atomic E-state index is 0.0506. The van der Waals surface area contributed by atoms with Crippen LogP contribution in [0.2, 0.25) is 0 Å². The highest BCUT2D eigenvalue weighted by molar-refractivity contribution is 6.07. The molecule has 2 fully saturated rings.